The first-order chi connectivity index (χ1) is 11.9. The molecule has 1 heterocycles. The molecule has 3 rings (SSSR count). The molecule has 6 nitrogen and oxygen atoms in total. The molecule has 1 aliphatic heterocycles. The van der Waals surface area contributed by atoms with Crippen LogP contribution < -0.4 is 20.1 Å². The molecule has 0 radical (unpaired) electrons. The van der Waals surface area contributed by atoms with Gasteiger partial charge in [-0.25, -0.2) is 4.79 Å². The molecular formula is C18H17IN2O4. The number of imide groups is 1. The van der Waals surface area contributed by atoms with Gasteiger partial charge in [0.05, 0.1) is 10.7 Å². The average molecular weight is 452 g/mol. The first-order valence-electron chi connectivity index (χ1n) is 7.63. The minimum Gasteiger partial charge on any atom is -0.497 e. The van der Waals surface area contributed by atoms with Crippen molar-refractivity contribution in [2.75, 3.05) is 7.11 Å². The van der Waals surface area contributed by atoms with Crippen LogP contribution in [-0.4, -0.2) is 24.6 Å². The van der Waals surface area contributed by atoms with E-state index in [1.807, 2.05) is 42.5 Å². The molecule has 130 valence electrons. The van der Waals surface area contributed by atoms with Crippen molar-refractivity contribution in [1.29, 1.82) is 0 Å². The fraction of sp³-hybridized carbons (Fsp3) is 0.222. The molecule has 0 spiro atoms. The molecule has 2 N–H and O–H groups in total. The second-order valence-electron chi connectivity index (χ2n) is 5.96. The first-order valence-corrected chi connectivity index (χ1v) is 8.71. The summed E-state index contributed by atoms with van der Waals surface area (Å²) in [6, 6.07) is 12.6. The Balaban J connectivity index is 1.74. The molecular weight excluding hydrogens is 435 g/mol. The summed E-state index contributed by atoms with van der Waals surface area (Å²) in [4.78, 5) is 23.3. The van der Waals surface area contributed by atoms with Crippen LogP contribution >= 0.6 is 22.6 Å². The summed E-state index contributed by atoms with van der Waals surface area (Å²) in [6.45, 7) is 1.71. The van der Waals surface area contributed by atoms with Crippen LogP contribution in [0.4, 0.5) is 4.79 Å². The van der Waals surface area contributed by atoms with E-state index in [4.69, 9.17) is 9.47 Å². The molecule has 25 heavy (non-hydrogen) atoms. The summed E-state index contributed by atoms with van der Waals surface area (Å²) in [7, 11) is 1.62. The zero-order valence-electron chi connectivity index (χ0n) is 13.8. The first kappa shape index (κ1) is 17.5. The van der Waals surface area contributed by atoms with Crippen molar-refractivity contribution < 1.29 is 19.1 Å². The number of benzene rings is 2. The number of carbonyl (C=O) groups excluding carboxylic acids is 2. The van der Waals surface area contributed by atoms with Gasteiger partial charge in [0.15, 0.2) is 0 Å². The molecule has 1 atom stereocenters. The van der Waals surface area contributed by atoms with Crippen molar-refractivity contribution >= 4 is 34.5 Å². The molecule has 3 amide bonds. The number of halogens is 1. The van der Waals surface area contributed by atoms with Crippen molar-refractivity contribution in [3.05, 3.63) is 51.6 Å². The van der Waals surface area contributed by atoms with E-state index < -0.39 is 11.6 Å². The summed E-state index contributed by atoms with van der Waals surface area (Å²) in [5, 5.41) is 4.94. The minimum atomic E-state index is -0.932. The zero-order valence-corrected chi connectivity index (χ0v) is 15.9. The molecule has 0 aliphatic carbocycles. The predicted octanol–water partition coefficient (Wildman–Crippen LogP) is 3.23. The lowest BCUT2D eigenvalue weighted by Crippen LogP contribution is -2.45. The Labute approximate surface area is 159 Å². The van der Waals surface area contributed by atoms with Gasteiger partial charge in [0.25, 0.3) is 5.91 Å². The van der Waals surface area contributed by atoms with Crippen LogP contribution in [0.2, 0.25) is 0 Å². The maximum Gasteiger partial charge on any atom is 0.322 e. The smallest absolute Gasteiger partial charge is 0.322 e. The number of rotatable bonds is 5. The topological polar surface area (TPSA) is 76.7 Å². The highest BCUT2D eigenvalue weighted by Crippen LogP contribution is 2.30. The fourth-order valence-electron chi connectivity index (χ4n) is 2.62. The number of ether oxygens (including phenoxy) is 2. The zero-order chi connectivity index (χ0) is 18.0. The van der Waals surface area contributed by atoms with Gasteiger partial charge >= 0.3 is 6.03 Å². The van der Waals surface area contributed by atoms with Gasteiger partial charge in [0.1, 0.15) is 22.8 Å². The minimum absolute atomic E-state index is 0.314. The lowest BCUT2D eigenvalue weighted by atomic mass is 9.93. The van der Waals surface area contributed by atoms with E-state index in [-0.39, 0.29) is 5.91 Å². The Morgan fingerprint density at radius 1 is 1.08 bits per heavy atom. The van der Waals surface area contributed by atoms with Crippen LogP contribution in [0.5, 0.6) is 17.2 Å². The summed E-state index contributed by atoms with van der Waals surface area (Å²) < 4.78 is 11.9. The summed E-state index contributed by atoms with van der Waals surface area (Å²) >= 11 is 2.19. The highest BCUT2D eigenvalue weighted by molar-refractivity contribution is 14.1. The molecule has 1 unspecified atom stereocenters. The number of urea groups is 1. The van der Waals surface area contributed by atoms with Crippen LogP contribution in [0.1, 0.15) is 12.5 Å². The van der Waals surface area contributed by atoms with E-state index in [1.165, 1.54) is 0 Å². The largest absolute Gasteiger partial charge is 0.497 e. The van der Waals surface area contributed by atoms with Crippen molar-refractivity contribution in [3.63, 3.8) is 0 Å². The van der Waals surface area contributed by atoms with Crippen LogP contribution in [0.15, 0.2) is 42.5 Å². The Hall–Kier alpha value is -2.29. The van der Waals surface area contributed by atoms with E-state index in [1.54, 1.807) is 14.0 Å². The third-order valence-electron chi connectivity index (χ3n) is 3.96. The van der Waals surface area contributed by atoms with Gasteiger partial charge in [0.2, 0.25) is 0 Å². The number of hydrogen-bond acceptors (Lipinski definition) is 4. The molecule has 1 saturated heterocycles. The Morgan fingerprint density at radius 2 is 1.76 bits per heavy atom. The number of methoxy groups -OCH3 is 1. The van der Waals surface area contributed by atoms with Gasteiger partial charge in [-0.15, -0.1) is 0 Å². The second-order valence-corrected chi connectivity index (χ2v) is 7.12. The Bertz CT molecular complexity index is 822. The lowest BCUT2D eigenvalue weighted by Gasteiger charge is -2.21. The molecule has 0 saturated carbocycles. The molecule has 0 bridgehead atoms. The normalized spacial score (nSPS) is 19.3. The highest BCUT2D eigenvalue weighted by Gasteiger charge is 2.41. The number of nitrogens with one attached hydrogen (secondary N) is 2. The lowest BCUT2D eigenvalue weighted by molar-refractivity contribution is -0.123. The molecule has 7 heteroatoms. The third-order valence-corrected chi connectivity index (χ3v) is 4.80. The summed E-state index contributed by atoms with van der Waals surface area (Å²) in [5.74, 6) is 1.88. The summed E-state index contributed by atoms with van der Waals surface area (Å²) in [5.41, 5.74) is 0.00439. The van der Waals surface area contributed by atoms with Gasteiger partial charge in [0, 0.05) is 6.42 Å². The van der Waals surface area contributed by atoms with Crippen molar-refractivity contribution in [1.82, 2.24) is 10.6 Å². The third kappa shape index (κ3) is 3.87. The Morgan fingerprint density at radius 3 is 2.32 bits per heavy atom. The quantitative estimate of drug-likeness (QED) is 0.540. The number of amides is 3. The van der Waals surface area contributed by atoms with E-state index >= 15 is 0 Å². The van der Waals surface area contributed by atoms with Gasteiger partial charge in [-0.2, -0.15) is 0 Å². The van der Waals surface area contributed by atoms with E-state index in [0.717, 1.165) is 20.6 Å². The van der Waals surface area contributed by atoms with Crippen LogP contribution in [0, 0.1) is 3.57 Å². The molecule has 2 aromatic carbocycles. The average Bonchev–Trinajstić information content (AvgIpc) is 2.82. The van der Waals surface area contributed by atoms with E-state index in [2.05, 4.69) is 33.2 Å². The predicted molar refractivity (Wildman–Crippen MR) is 101 cm³/mol. The van der Waals surface area contributed by atoms with Gasteiger partial charge < -0.3 is 14.8 Å². The van der Waals surface area contributed by atoms with Gasteiger partial charge in [-0.3, -0.25) is 10.1 Å². The van der Waals surface area contributed by atoms with Crippen molar-refractivity contribution in [3.8, 4) is 17.2 Å². The highest BCUT2D eigenvalue weighted by atomic mass is 127. The maximum atomic E-state index is 11.9. The van der Waals surface area contributed by atoms with E-state index in [0.29, 0.717) is 12.2 Å². The van der Waals surface area contributed by atoms with Crippen molar-refractivity contribution in [2.45, 2.75) is 18.9 Å². The maximum absolute atomic E-state index is 11.9. The fourth-order valence-corrected chi connectivity index (χ4v) is 3.31. The van der Waals surface area contributed by atoms with Crippen molar-refractivity contribution in [2.24, 2.45) is 0 Å². The number of carbonyl (C=O) groups is 2. The molecule has 0 aromatic heterocycles. The van der Waals surface area contributed by atoms with Gasteiger partial charge in [-0.05, 0) is 71.5 Å². The second kappa shape index (κ2) is 6.91. The number of hydrogen-bond donors (Lipinski definition) is 2. The van der Waals surface area contributed by atoms with E-state index in [9.17, 15) is 9.59 Å². The van der Waals surface area contributed by atoms with Gasteiger partial charge in [-0.1, -0.05) is 6.07 Å². The molecule has 1 aliphatic rings. The SMILES string of the molecule is COc1ccc(Oc2ccc(CC3(C)NC(=O)NC3=O)cc2I)cc1. The standard InChI is InChI=1S/C18H17IN2O4/c1-18(16(22)20-17(23)21-18)10-11-3-8-15(14(19)9-11)25-13-6-4-12(24-2)5-7-13/h3-9H,10H2,1-2H3,(H2,20,21,22,23). The summed E-state index contributed by atoms with van der Waals surface area (Å²) in [6.07, 6.45) is 0.406. The van der Waals surface area contributed by atoms with Crippen LogP contribution in [0.25, 0.3) is 0 Å². The molecule has 1 fully saturated rings. The monoisotopic (exact) mass is 452 g/mol. The van der Waals surface area contributed by atoms with Crippen LogP contribution in [0.3, 0.4) is 0 Å². The Kier molecular flexibility index (Phi) is 4.85. The molecule has 2 aromatic rings. The van der Waals surface area contributed by atoms with Crippen LogP contribution in [-0.2, 0) is 11.2 Å².